The molecule has 2 aromatic heterocycles. The summed E-state index contributed by atoms with van der Waals surface area (Å²) in [5.74, 6) is 1.06. The van der Waals surface area contributed by atoms with Crippen LogP contribution >= 0.6 is 0 Å². The molecule has 0 saturated heterocycles. The lowest BCUT2D eigenvalue weighted by molar-refractivity contribution is 0.475. The molecule has 1 aromatic carbocycles. The van der Waals surface area contributed by atoms with Gasteiger partial charge in [-0.25, -0.2) is 4.98 Å². The third-order valence-electron chi connectivity index (χ3n) is 3.13. The number of fused-ring (bicyclic) bond motifs is 1. The maximum atomic E-state index is 9.36. The molecular weight excluding hydrogens is 252 g/mol. The van der Waals surface area contributed by atoms with Crippen LogP contribution in [-0.2, 0) is 0 Å². The number of benzene rings is 1. The molecule has 2 heterocycles. The van der Waals surface area contributed by atoms with Crippen LogP contribution in [0.2, 0.25) is 0 Å². The van der Waals surface area contributed by atoms with E-state index in [0.29, 0.717) is 11.2 Å². The van der Waals surface area contributed by atoms with Gasteiger partial charge in [0.15, 0.2) is 0 Å². The second-order valence-corrected chi connectivity index (χ2v) is 4.36. The Hall–Kier alpha value is -3.00. The highest BCUT2D eigenvalue weighted by Crippen LogP contribution is 2.29. The highest BCUT2D eigenvalue weighted by atomic mass is 16.3. The van der Waals surface area contributed by atoms with Crippen LogP contribution in [0.1, 0.15) is 5.56 Å². The zero-order chi connectivity index (χ0) is 14.1. The largest absolute Gasteiger partial charge is 0.508 e. The van der Waals surface area contributed by atoms with Crippen LogP contribution < -0.4 is 5.32 Å². The number of anilines is 1. The van der Waals surface area contributed by atoms with Crippen LogP contribution in [0.5, 0.6) is 5.75 Å². The first kappa shape index (κ1) is 12.1. The summed E-state index contributed by atoms with van der Waals surface area (Å²) >= 11 is 0. The number of rotatable bonds is 2. The lowest BCUT2D eigenvalue weighted by atomic mass is 10.1. The number of phenolic OH excluding ortho intramolecular Hbond substituents is 1. The number of imidazole rings is 1. The fourth-order valence-corrected chi connectivity index (χ4v) is 2.17. The second-order valence-electron chi connectivity index (χ2n) is 4.36. The van der Waals surface area contributed by atoms with Crippen molar-refractivity contribution in [3.8, 4) is 23.1 Å². The van der Waals surface area contributed by atoms with Gasteiger partial charge in [-0.3, -0.25) is 4.40 Å². The number of nitrogens with one attached hydrogen (secondary N) is 1. The number of nitrogens with zero attached hydrogens (tertiary/aromatic N) is 3. The summed E-state index contributed by atoms with van der Waals surface area (Å²) in [6.45, 7) is 0. The molecule has 0 spiro atoms. The molecule has 0 aliphatic heterocycles. The highest BCUT2D eigenvalue weighted by molar-refractivity contribution is 5.77. The van der Waals surface area contributed by atoms with E-state index in [1.54, 1.807) is 24.3 Å². The Labute approximate surface area is 115 Å². The zero-order valence-corrected chi connectivity index (χ0v) is 10.8. The van der Waals surface area contributed by atoms with Crippen LogP contribution in [0.25, 0.3) is 16.9 Å². The number of hydrogen-bond acceptors (Lipinski definition) is 4. The Balaban J connectivity index is 2.25. The van der Waals surface area contributed by atoms with E-state index >= 15 is 0 Å². The third kappa shape index (κ3) is 1.84. The van der Waals surface area contributed by atoms with Gasteiger partial charge in [0.25, 0.3) is 0 Å². The van der Waals surface area contributed by atoms with Crippen molar-refractivity contribution in [1.82, 2.24) is 9.38 Å². The summed E-state index contributed by atoms with van der Waals surface area (Å²) in [6, 6.07) is 12.5. The van der Waals surface area contributed by atoms with E-state index in [4.69, 9.17) is 5.26 Å². The molecule has 0 atom stereocenters. The molecular formula is C15H12N4O. The van der Waals surface area contributed by atoms with Crippen molar-refractivity contribution >= 4 is 11.5 Å². The minimum atomic E-state index is 0.218. The van der Waals surface area contributed by atoms with Gasteiger partial charge in [0.1, 0.15) is 22.9 Å². The van der Waals surface area contributed by atoms with E-state index in [-0.39, 0.29) is 5.75 Å². The van der Waals surface area contributed by atoms with Crippen molar-refractivity contribution < 1.29 is 5.11 Å². The number of phenols is 1. The van der Waals surface area contributed by atoms with Gasteiger partial charge in [-0.05, 0) is 36.4 Å². The van der Waals surface area contributed by atoms with E-state index in [0.717, 1.165) is 17.1 Å². The monoisotopic (exact) mass is 264 g/mol. The van der Waals surface area contributed by atoms with Crippen molar-refractivity contribution in [3.63, 3.8) is 0 Å². The predicted octanol–water partition coefficient (Wildman–Crippen LogP) is 2.62. The van der Waals surface area contributed by atoms with E-state index in [1.165, 1.54) is 0 Å². The van der Waals surface area contributed by atoms with E-state index in [1.807, 2.05) is 29.8 Å². The standard InChI is InChI=1S/C15H12N4O/c1-17-15-14(11-2-4-12(20)5-3-11)18-13-8-10(9-16)6-7-19(13)15/h2-8,17,20H,1H3. The predicted molar refractivity (Wildman–Crippen MR) is 76.6 cm³/mol. The van der Waals surface area contributed by atoms with Crippen LogP contribution in [0, 0.1) is 11.3 Å². The topological polar surface area (TPSA) is 73.3 Å². The van der Waals surface area contributed by atoms with Gasteiger partial charge >= 0.3 is 0 Å². The maximum absolute atomic E-state index is 9.36. The first-order valence-electron chi connectivity index (χ1n) is 6.12. The quantitative estimate of drug-likeness (QED) is 0.746. The second kappa shape index (κ2) is 4.59. The normalized spacial score (nSPS) is 10.4. The van der Waals surface area contributed by atoms with Crippen molar-refractivity contribution in [2.45, 2.75) is 0 Å². The van der Waals surface area contributed by atoms with Crippen LogP contribution in [-0.4, -0.2) is 21.5 Å². The molecule has 3 aromatic rings. The molecule has 0 fully saturated rings. The highest BCUT2D eigenvalue weighted by Gasteiger charge is 2.13. The van der Waals surface area contributed by atoms with Crippen LogP contribution in [0.3, 0.4) is 0 Å². The number of pyridine rings is 1. The first-order valence-corrected chi connectivity index (χ1v) is 6.12. The van der Waals surface area contributed by atoms with Gasteiger partial charge in [-0.1, -0.05) is 0 Å². The van der Waals surface area contributed by atoms with Crippen molar-refractivity contribution in [2.75, 3.05) is 12.4 Å². The molecule has 2 N–H and O–H groups in total. The molecule has 0 aliphatic rings. The van der Waals surface area contributed by atoms with Gasteiger partial charge < -0.3 is 10.4 Å². The van der Waals surface area contributed by atoms with Crippen molar-refractivity contribution in [1.29, 1.82) is 5.26 Å². The summed E-state index contributed by atoms with van der Waals surface area (Å²) in [7, 11) is 1.82. The Morgan fingerprint density at radius 2 is 2.00 bits per heavy atom. The summed E-state index contributed by atoms with van der Waals surface area (Å²) < 4.78 is 1.89. The molecule has 0 radical (unpaired) electrons. The third-order valence-corrected chi connectivity index (χ3v) is 3.13. The van der Waals surface area contributed by atoms with Gasteiger partial charge in [-0.2, -0.15) is 5.26 Å². The molecule has 0 unspecified atom stereocenters. The van der Waals surface area contributed by atoms with Crippen LogP contribution in [0.4, 0.5) is 5.82 Å². The Kier molecular flexibility index (Phi) is 2.77. The number of aromatic hydroxyl groups is 1. The minimum absolute atomic E-state index is 0.218. The summed E-state index contributed by atoms with van der Waals surface area (Å²) in [5.41, 5.74) is 2.95. The Morgan fingerprint density at radius 3 is 2.65 bits per heavy atom. The van der Waals surface area contributed by atoms with E-state index in [2.05, 4.69) is 16.4 Å². The molecule has 98 valence electrons. The molecule has 5 heteroatoms. The zero-order valence-electron chi connectivity index (χ0n) is 10.8. The summed E-state index contributed by atoms with van der Waals surface area (Å²) in [6.07, 6.45) is 1.82. The molecule has 20 heavy (non-hydrogen) atoms. The molecule has 5 nitrogen and oxygen atoms in total. The maximum Gasteiger partial charge on any atom is 0.140 e. The lowest BCUT2D eigenvalue weighted by Gasteiger charge is -2.04. The molecule has 0 aliphatic carbocycles. The Bertz CT molecular complexity index is 812. The minimum Gasteiger partial charge on any atom is -0.508 e. The smallest absolute Gasteiger partial charge is 0.140 e. The Morgan fingerprint density at radius 1 is 1.25 bits per heavy atom. The van der Waals surface area contributed by atoms with Gasteiger partial charge in [0.2, 0.25) is 0 Å². The SMILES string of the molecule is CNc1c(-c2ccc(O)cc2)nc2cc(C#N)ccn12. The average molecular weight is 264 g/mol. The molecule has 3 rings (SSSR count). The molecule has 0 saturated carbocycles. The number of hydrogen-bond donors (Lipinski definition) is 2. The summed E-state index contributed by atoms with van der Waals surface area (Å²) in [5, 5.41) is 21.4. The summed E-state index contributed by atoms with van der Waals surface area (Å²) in [4.78, 5) is 4.56. The molecule has 0 amide bonds. The van der Waals surface area contributed by atoms with Crippen LogP contribution in [0.15, 0.2) is 42.6 Å². The van der Waals surface area contributed by atoms with E-state index < -0.39 is 0 Å². The van der Waals surface area contributed by atoms with Gasteiger partial charge in [-0.15, -0.1) is 0 Å². The number of nitriles is 1. The van der Waals surface area contributed by atoms with Crippen molar-refractivity contribution in [3.05, 3.63) is 48.2 Å². The van der Waals surface area contributed by atoms with Crippen molar-refractivity contribution in [2.24, 2.45) is 0 Å². The average Bonchev–Trinajstić information content (AvgIpc) is 2.85. The fourth-order valence-electron chi connectivity index (χ4n) is 2.17. The first-order chi connectivity index (χ1) is 9.72. The van der Waals surface area contributed by atoms with Gasteiger partial charge in [0.05, 0.1) is 11.6 Å². The fraction of sp³-hybridized carbons (Fsp3) is 0.0667. The van der Waals surface area contributed by atoms with E-state index in [9.17, 15) is 5.11 Å². The van der Waals surface area contributed by atoms with Gasteiger partial charge in [0, 0.05) is 18.8 Å². The molecule has 0 bridgehead atoms. The number of aromatic nitrogens is 2. The lowest BCUT2D eigenvalue weighted by Crippen LogP contribution is -1.95.